The highest BCUT2D eigenvalue weighted by atomic mass is 35.5. The summed E-state index contributed by atoms with van der Waals surface area (Å²) in [6, 6.07) is 12.8. The van der Waals surface area contributed by atoms with Crippen molar-refractivity contribution in [2.45, 2.75) is 19.9 Å². The first-order valence-electron chi connectivity index (χ1n) is 10.1. The van der Waals surface area contributed by atoms with Crippen molar-refractivity contribution >= 4 is 35.0 Å². The van der Waals surface area contributed by atoms with E-state index in [0.29, 0.717) is 35.2 Å². The van der Waals surface area contributed by atoms with E-state index in [2.05, 4.69) is 9.80 Å². The van der Waals surface area contributed by atoms with Crippen LogP contribution in [-0.2, 0) is 22.5 Å². The van der Waals surface area contributed by atoms with Gasteiger partial charge in [-0.15, -0.1) is 0 Å². The number of ketones is 1. The number of hydrogen-bond donors (Lipinski definition) is 0. The zero-order chi connectivity index (χ0) is 21.5. The van der Waals surface area contributed by atoms with Crippen molar-refractivity contribution in [3.8, 4) is 0 Å². The Morgan fingerprint density at radius 2 is 1.53 bits per heavy atom. The normalized spacial score (nSPS) is 15.2. The Kier molecular flexibility index (Phi) is 8.28. The Morgan fingerprint density at radius 3 is 2.17 bits per heavy atom. The number of nitrogens with zero attached hydrogens (tertiary/aromatic N) is 2. The largest absolute Gasteiger partial charge is 0.462 e. The first kappa shape index (κ1) is 22.8. The van der Waals surface area contributed by atoms with E-state index in [1.165, 1.54) is 0 Å². The quantitative estimate of drug-likeness (QED) is 0.568. The number of rotatable bonds is 8. The van der Waals surface area contributed by atoms with Crippen LogP contribution in [0.5, 0.6) is 0 Å². The summed E-state index contributed by atoms with van der Waals surface area (Å²) in [5, 5.41) is 1.15. The summed E-state index contributed by atoms with van der Waals surface area (Å²) in [4.78, 5) is 28.7. The number of ether oxygens (including phenoxy) is 1. The van der Waals surface area contributed by atoms with E-state index < -0.39 is 0 Å². The number of esters is 1. The molecule has 5 nitrogen and oxygen atoms in total. The molecule has 3 rings (SSSR count). The summed E-state index contributed by atoms with van der Waals surface area (Å²) < 4.78 is 4.98. The molecule has 7 heteroatoms. The van der Waals surface area contributed by atoms with E-state index >= 15 is 0 Å². The molecular weight excluding hydrogens is 423 g/mol. The molecule has 0 N–H and O–H groups in total. The minimum atomic E-state index is -0.339. The molecule has 0 aromatic heterocycles. The second-order valence-electron chi connectivity index (χ2n) is 7.43. The van der Waals surface area contributed by atoms with Crippen LogP contribution >= 0.6 is 23.2 Å². The number of Topliss-reactive ketones (excluding diaryl/α,β-unsaturated/α-hetero) is 1. The zero-order valence-electron chi connectivity index (χ0n) is 17.1. The van der Waals surface area contributed by atoms with Crippen molar-refractivity contribution in [2.75, 3.05) is 39.3 Å². The van der Waals surface area contributed by atoms with Gasteiger partial charge >= 0.3 is 5.97 Å². The van der Waals surface area contributed by atoms with E-state index in [9.17, 15) is 9.59 Å². The lowest BCUT2D eigenvalue weighted by Gasteiger charge is -2.34. The van der Waals surface area contributed by atoms with Crippen LogP contribution in [0, 0.1) is 0 Å². The Bertz CT molecular complexity index is 879. The topological polar surface area (TPSA) is 49.9 Å². The first-order valence-corrected chi connectivity index (χ1v) is 10.9. The molecule has 0 atom stereocenters. The SMILES string of the molecule is CCOC(=O)c1ccc(CC(=O)CN2CCN(Cc3ccc(Cl)c(Cl)c3)CC2)cc1. The molecule has 2 aromatic rings. The third kappa shape index (κ3) is 6.54. The van der Waals surface area contributed by atoms with Crippen molar-refractivity contribution in [3.05, 3.63) is 69.2 Å². The fourth-order valence-electron chi connectivity index (χ4n) is 3.51. The molecule has 2 aromatic carbocycles. The highest BCUT2D eigenvalue weighted by Crippen LogP contribution is 2.23. The van der Waals surface area contributed by atoms with Gasteiger partial charge in [-0.3, -0.25) is 14.6 Å². The molecule has 0 radical (unpaired) electrons. The monoisotopic (exact) mass is 448 g/mol. The lowest BCUT2D eigenvalue weighted by molar-refractivity contribution is -0.120. The van der Waals surface area contributed by atoms with Gasteiger partial charge in [0.25, 0.3) is 0 Å². The van der Waals surface area contributed by atoms with Crippen LogP contribution < -0.4 is 0 Å². The summed E-state index contributed by atoms with van der Waals surface area (Å²) in [6.07, 6.45) is 0.368. The van der Waals surface area contributed by atoms with Crippen LogP contribution in [0.2, 0.25) is 10.0 Å². The number of piperazine rings is 1. The maximum absolute atomic E-state index is 12.5. The smallest absolute Gasteiger partial charge is 0.338 e. The molecule has 1 saturated heterocycles. The van der Waals surface area contributed by atoms with Crippen LogP contribution in [0.1, 0.15) is 28.4 Å². The Morgan fingerprint density at radius 1 is 0.900 bits per heavy atom. The van der Waals surface area contributed by atoms with Crippen molar-refractivity contribution in [1.29, 1.82) is 0 Å². The average Bonchev–Trinajstić information content (AvgIpc) is 2.73. The minimum absolute atomic E-state index is 0.178. The van der Waals surface area contributed by atoms with Crippen LogP contribution in [0.15, 0.2) is 42.5 Å². The van der Waals surface area contributed by atoms with Gasteiger partial charge in [0, 0.05) is 39.1 Å². The predicted octanol–water partition coefficient (Wildman–Crippen LogP) is 4.10. The van der Waals surface area contributed by atoms with E-state index in [1.807, 2.05) is 30.3 Å². The molecule has 0 amide bonds. The fourth-order valence-corrected chi connectivity index (χ4v) is 3.83. The van der Waals surface area contributed by atoms with Crippen molar-refractivity contribution in [1.82, 2.24) is 9.80 Å². The third-order valence-electron chi connectivity index (χ3n) is 5.12. The summed E-state index contributed by atoms with van der Waals surface area (Å²) in [6.45, 7) is 6.91. The fraction of sp³-hybridized carbons (Fsp3) is 0.391. The Balaban J connectivity index is 1.42. The summed E-state index contributed by atoms with van der Waals surface area (Å²) in [5.74, 6) is -0.161. The number of carbonyl (C=O) groups is 2. The predicted molar refractivity (Wildman–Crippen MR) is 119 cm³/mol. The van der Waals surface area contributed by atoms with E-state index in [1.54, 1.807) is 19.1 Å². The van der Waals surface area contributed by atoms with Crippen molar-refractivity contribution < 1.29 is 14.3 Å². The average molecular weight is 449 g/mol. The molecule has 1 heterocycles. The van der Waals surface area contributed by atoms with Gasteiger partial charge in [0.15, 0.2) is 5.78 Å². The summed E-state index contributed by atoms with van der Waals surface area (Å²) >= 11 is 12.1. The molecule has 0 saturated carbocycles. The molecule has 0 spiro atoms. The highest BCUT2D eigenvalue weighted by molar-refractivity contribution is 6.42. The summed E-state index contributed by atoms with van der Waals surface area (Å²) in [5.41, 5.74) is 2.55. The number of carbonyl (C=O) groups excluding carboxylic acids is 2. The molecular formula is C23H26Cl2N2O3. The second kappa shape index (κ2) is 10.9. The van der Waals surface area contributed by atoms with E-state index in [0.717, 1.165) is 43.9 Å². The van der Waals surface area contributed by atoms with Gasteiger partial charge in [-0.05, 0) is 42.3 Å². The van der Waals surface area contributed by atoms with Gasteiger partial charge in [-0.25, -0.2) is 4.79 Å². The van der Waals surface area contributed by atoms with Crippen LogP contribution in [-0.4, -0.2) is 60.9 Å². The summed E-state index contributed by atoms with van der Waals surface area (Å²) in [7, 11) is 0. The lowest BCUT2D eigenvalue weighted by Crippen LogP contribution is -2.47. The second-order valence-corrected chi connectivity index (χ2v) is 8.25. The van der Waals surface area contributed by atoms with E-state index in [-0.39, 0.29) is 11.8 Å². The molecule has 0 unspecified atom stereocenters. The number of benzene rings is 2. The van der Waals surface area contributed by atoms with Gasteiger partial charge in [0.05, 0.1) is 28.8 Å². The molecule has 1 fully saturated rings. The van der Waals surface area contributed by atoms with Crippen LogP contribution in [0.3, 0.4) is 0 Å². The van der Waals surface area contributed by atoms with Gasteiger partial charge in [-0.2, -0.15) is 0 Å². The Labute approximate surface area is 187 Å². The van der Waals surface area contributed by atoms with E-state index in [4.69, 9.17) is 27.9 Å². The minimum Gasteiger partial charge on any atom is -0.462 e. The molecule has 160 valence electrons. The van der Waals surface area contributed by atoms with Gasteiger partial charge in [0.1, 0.15) is 0 Å². The standard InChI is InChI=1S/C23H26Cl2N2O3/c1-2-30-23(29)19-6-3-17(4-7-19)13-20(28)16-27-11-9-26(10-12-27)15-18-5-8-21(24)22(25)14-18/h3-8,14H,2,9-13,15-16H2,1H3. The molecule has 1 aliphatic heterocycles. The molecule has 1 aliphatic rings. The maximum atomic E-state index is 12.5. The van der Waals surface area contributed by atoms with Crippen LogP contribution in [0.4, 0.5) is 0 Å². The Hall–Kier alpha value is -1.92. The van der Waals surface area contributed by atoms with Gasteiger partial charge in [-0.1, -0.05) is 41.4 Å². The molecule has 30 heavy (non-hydrogen) atoms. The van der Waals surface area contributed by atoms with Crippen molar-refractivity contribution in [2.24, 2.45) is 0 Å². The molecule has 0 bridgehead atoms. The third-order valence-corrected chi connectivity index (χ3v) is 5.86. The highest BCUT2D eigenvalue weighted by Gasteiger charge is 2.19. The molecule has 0 aliphatic carbocycles. The van der Waals surface area contributed by atoms with Gasteiger partial charge in [0.2, 0.25) is 0 Å². The number of halogens is 2. The lowest BCUT2D eigenvalue weighted by atomic mass is 10.1. The van der Waals surface area contributed by atoms with Crippen molar-refractivity contribution in [3.63, 3.8) is 0 Å². The maximum Gasteiger partial charge on any atom is 0.338 e. The number of hydrogen-bond acceptors (Lipinski definition) is 5. The van der Waals surface area contributed by atoms with Crippen LogP contribution in [0.25, 0.3) is 0 Å². The zero-order valence-corrected chi connectivity index (χ0v) is 18.6. The first-order chi connectivity index (χ1) is 14.4. The van der Waals surface area contributed by atoms with Gasteiger partial charge < -0.3 is 4.74 Å².